The van der Waals surface area contributed by atoms with Gasteiger partial charge in [-0.3, -0.25) is 0 Å². The zero-order chi connectivity index (χ0) is 13.2. The van der Waals surface area contributed by atoms with E-state index < -0.39 is 9.05 Å². The molecular formula is C11H12Cl2O4S. The molecule has 0 amide bonds. The standard InChI is InChI=1S/C11H12Cl2O4S/c12-8-1-2-10(11(7-8)18(13,14)15)17-9-3-5-16-6-4-9/h1-2,7,9H,3-6H2. The highest BCUT2D eigenvalue weighted by Crippen LogP contribution is 2.31. The van der Waals surface area contributed by atoms with Gasteiger partial charge in [-0.2, -0.15) is 0 Å². The van der Waals surface area contributed by atoms with Gasteiger partial charge in [0.1, 0.15) is 16.7 Å². The fourth-order valence-electron chi connectivity index (χ4n) is 1.74. The zero-order valence-corrected chi connectivity index (χ0v) is 11.8. The van der Waals surface area contributed by atoms with Crippen LogP contribution in [0.15, 0.2) is 23.1 Å². The summed E-state index contributed by atoms with van der Waals surface area (Å²) in [6.07, 6.45) is 1.39. The highest BCUT2D eigenvalue weighted by atomic mass is 35.7. The molecule has 2 rings (SSSR count). The Morgan fingerprint density at radius 2 is 1.94 bits per heavy atom. The highest BCUT2D eigenvalue weighted by molar-refractivity contribution is 8.13. The summed E-state index contributed by atoms with van der Waals surface area (Å²) in [6.45, 7) is 1.22. The molecule has 1 aliphatic heterocycles. The Labute approximate surface area is 115 Å². The van der Waals surface area contributed by atoms with Crippen LogP contribution in [0.4, 0.5) is 0 Å². The minimum absolute atomic E-state index is 0.0582. The van der Waals surface area contributed by atoms with Crippen LogP contribution >= 0.6 is 22.3 Å². The number of hydrogen-bond donors (Lipinski definition) is 0. The molecule has 0 atom stereocenters. The van der Waals surface area contributed by atoms with Crippen molar-refractivity contribution in [1.82, 2.24) is 0 Å². The van der Waals surface area contributed by atoms with E-state index in [9.17, 15) is 8.42 Å². The molecule has 1 fully saturated rings. The Kier molecular flexibility index (Phi) is 4.37. The van der Waals surface area contributed by atoms with Gasteiger partial charge in [0.05, 0.1) is 13.2 Å². The van der Waals surface area contributed by atoms with Crippen LogP contribution in [0.2, 0.25) is 5.02 Å². The molecule has 0 unspecified atom stereocenters. The van der Waals surface area contributed by atoms with E-state index in [-0.39, 0.29) is 16.7 Å². The van der Waals surface area contributed by atoms with Crippen LogP contribution in [0.25, 0.3) is 0 Å². The molecule has 18 heavy (non-hydrogen) atoms. The van der Waals surface area contributed by atoms with Crippen molar-refractivity contribution in [2.45, 2.75) is 23.8 Å². The molecule has 1 aromatic carbocycles. The molecule has 1 heterocycles. The largest absolute Gasteiger partial charge is 0.489 e. The molecule has 1 saturated heterocycles. The molecule has 0 radical (unpaired) electrons. The normalized spacial score (nSPS) is 17.7. The van der Waals surface area contributed by atoms with Gasteiger partial charge in [-0.05, 0) is 18.2 Å². The number of rotatable bonds is 3. The maximum atomic E-state index is 11.4. The molecule has 4 nitrogen and oxygen atoms in total. The highest BCUT2D eigenvalue weighted by Gasteiger charge is 2.22. The lowest BCUT2D eigenvalue weighted by Gasteiger charge is -2.24. The quantitative estimate of drug-likeness (QED) is 0.806. The fraction of sp³-hybridized carbons (Fsp3) is 0.455. The van der Waals surface area contributed by atoms with E-state index in [0.717, 1.165) is 12.8 Å². The van der Waals surface area contributed by atoms with E-state index in [2.05, 4.69) is 0 Å². The zero-order valence-electron chi connectivity index (χ0n) is 9.43. The third-order valence-corrected chi connectivity index (χ3v) is 4.21. The SMILES string of the molecule is O=S(=O)(Cl)c1cc(Cl)ccc1OC1CCOCC1. The van der Waals surface area contributed by atoms with E-state index in [1.165, 1.54) is 12.1 Å². The van der Waals surface area contributed by atoms with Gasteiger partial charge in [0, 0.05) is 28.5 Å². The average molecular weight is 311 g/mol. The summed E-state index contributed by atoms with van der Waals surface area (Å²) in [5.74, 6) is 0.237. The lowest BCUT2D eigenvalue weighted by atomic mass is 10.1. The van der Waals surface area contributed by atoms with Crippen LogP contribution in [0, 0.1) is 0 Å². The molecular weight excluding hydrogens is 299 g/mol. The maximum Gasteiger partial charge on any atom is 0.265 e. The first-order valence-corrected chi connectivity index (χ1v) is 8.14. The number of hydrogen-bond acceptors (Lipinski definition) is 4. The molecule has 0 aromatic heterocycles. The van der Waals surface area contributed by atoms with Gasteiger partial charge in [0.15, 0.2) is 0 Å². The second-order valence-electron chi connectivity index (χ2n) is 3.96. The van der Waals surface area contributed by atoms with Crippen LogP contribution in [-0.2, 0) is 13.8 Å². The maximum absolute atomic E-state index is 11.4. The summed E-state index contributed by atoms with van der Waals surface area (Å²) < 4.78 is 33.8. The smallest absolute Gasteiger partial charge is 0.265 e. The van der Waals surface area contributed by atoms with Gasteiger partial charge in [-0.1, -0.05) is 11.6 Å². The summed E-state index contributed by atoms with van der Waals surface area (Å²) in [4.78, 5) is -0.0943. The topological polar surface area (TPSA) is 52.6 Å². The van der Waals surface area contributed by atoms with Crippen molar-refractivity contribution in [3.63, 3.8) is 0 Å². The summed E-state index contributed by atoms with van der Waals surface area (Å²) >= 11 is 5.77. The van der Waals surface area contributed by atoms with Crippen LogP contribution < -0.4 is 4.74 Å². The molecule has 0 spiro atoms. The van der Waals surface area contributed by atoms with Crippen LogP contribution in [-0.4, -0.2) is 27.7 Å². The van der Waals surface area contributed by atoms with Crippen LogP contribution in [0.5, 0.6) is 5.75 Å². The first kappa shape index (κ1) is 13.9. The van der Waals surface area contributed by atoms with Gasteiger partial charge in [0.2, 0.25) is 0 Å². The predicted molar refractivity (Wildman–Crippen MR) is 69.0 cm³/mol. The predicted octanol–water partition coefficient (Wildman–Crippen LogP) is 2.83. The Morgan fingerprint density at radius 1 is 1.28 bits per heavy atom. The number of halogens is 2. The van der Waals surface area contributed by atoms with Gasteiger partial charge in [0.25, 0.3) is 9.05 Å². The first-order chi connectivity index (χ1) is 8.47. The monoisotopic (exact) mass is 310 g/mol. The third kappa shape index (κ3) is 3.51. The molecule has 0 saturated carbocycles. The van der Waals surface area contributed by atoms with Gasteiger partial charge < -0.3 is 9.47 Å². The Hall–Kier alpha value is -0.490. The molecule has 100 valence electrons. The lowest BCUT2D eigenvalue weighted by molar-refractivity contribution is 0.0244. The van der Waals surface area contributed by atoms with Crippen molar-refractivity contribution in [3.8, 4) is 5.75 Å². The van der Waals surface area contributed by atoms with Crippen molar-refractivity contribution in [1.29, 1.82) is 0 Å². The molecule has 1 aliphatic rings. The summed E-state index contributed by atoms with van der Waals surface area (Å²) in [5, 5.41) is 0.300. The van der Waals surface area contributed by atoms with Gasteiger partial charge in [-0.25, -0.2) is 8.42 Å². The Bertz CT molecular complexity index is 524. The third-order valence-electron chi connectivity index (χ3n) is 2.63. The molecule has 0 N–H and O–H groups in total. The van der Waals surface area contributed by atoms with E-state index >= 15 is 0 Å². The van der Waals surface area contributed by atoms with Crippen molar-refractivity contribution in [3.05, 3.63) is 23.2 Å². The van der Waals surface area contributed by atoms with Crippen molar-refractivity contribution < 1.29 is 17.9 Å². The van der Waals surface area contributed by atoms with Gasteiger partial charge >= 0.3 is 0 Å². The van der Waals surface area contributed by atoms with Crippen molar-refractivity contribution >= 4 is 31.3 Å². The van der Waals surface area contributed by atoms with E-state index in [0.29, 0.717) is 18.2 Å². The molecule has 0 aliphatic carbocycles. The minimum atomic E-state index is -3.88. The van der Waals surface area contributed by atoms with E-state index in [1.54, 1.807) is 6.07 Å². The van der Waals surface area contributed by atoms with Gasteiger partial charge in [-0.15, -0.1) is 0 Å². The average Bonchev–Trinajstić information content (AvgIpc) is 2.31. The van der Waals surface area contributed by atoms with E-state index in [4.69, 9.17) is 31.8 Å². The van der Waals surface area contributed by atoms with Crippen LogP contribution in [0.1, 0.15) is 12.8 Å². The second kappa shape index (κ2) is 5.65. The van der Waals surface area contributed by atoms with Crippen LogP contribution in [0.3, 0.4) is 0 Å². The van der Waals surface area contributed by atoms with E-state index in [1.807, 2.05) is 0 Å². The summed E-state index contributed by atoms with van der Waals surface area (Å²) in [7, 11) is 1.49. The fourth-order valence-corrected chi connectivity index (χ4v) is 2.97. The number of benzene rings is 1. The lowest BCUT2D eigenvalue weighted by Crippen LogP contribution is -2.26. The minimum Gasteiger partial charge on any atom is -0.489 e. The Balaban J connectivity index is 2.26. The van der Waals surface area contributed by atoms with Crippen molar-refractivity contribution in [2.24, 2.45) is 0 Å². The summed E-state index contributed by atoms with van der Waals surface area (Å²) in [5.41, 5.74) is 0. The molecule has 0 bridgehead atoms. The molecule has 1 aromatic rings. The van der Waals surface area contributed by atoms with Crippen molar-refractivity contribution in [2.75, 3.05) is 13.2 Å². The second-order valence-corrected chi connectivity index (χ2v) is 6.93. The first-order valence-electron chi connectivity index (χ1n) is 5.45. The Morgan fingerprint density at radius 3 is 2.56 bits per heavy atom. The summed E-state index contributed by atoms with van der Waals surface area (Å²) in [6, 6.07) is 4.38. The number of ether oxygens (including phenoxy) is 2. The molecule has 7 heteroatoms.